The lowest BCUT2D eigenvalue weighted by Crippen LogP contribution is -2.54. The van der Waals surface area contributed by atoms with E-state index in [1.165, 1.54) is 43.1 Å². The summed E-state index contributed by atoms with van der Waals surface area (Å²) in [5, 5.41) is 9.57. The predicted molar refractivity (Wildman–Crippen MR) is 543 cm³/mol. The normalized spacial score (nSPS) is 13.1. The molecule has 632 valence electrons. The number of hydrogen-bond donors (Lipinski definition) is 0. The minimum absolute atomic E-state index is 0.246. The van der Waals surface area contributed by atoms with Crippen LogP contribution >= 0.6 is 0 Å². The summed E-state index contributed by atoms with van der Waals surface area (Å²) in [6.07, 6.45) is 5.58. The minimum Gasteiger partial charge on any atom is -0.551 e. The molecule has 0 saturated heterocycles. The molecule has 0 amide bonds. The zero-order valence-electron chi connectivity index (χ0n) is 72.3. The summed E-state index contributed by atoms with van der Waals surface area (Å²) in [5.74, 6) is 12.5. The summed E-state index contributed by atoms with van der Waals surface area (Å²) in [6.45, 7) is -1.11. The Hall–Kier alpha value is -18.1. The molecule has 0 unspecified atom stereocenters. The molecule has 0 bridgehead atoms. The molecule has 0 atom stereocenters. The molecule has 0 spiro atoms. The zero-order valence-corrected chi connectivity index (χ0v) is 72.3. The van der Waals surface area contributed by atoms with Crippen molar-refractivity contribution in [1.29, 1.82) is 0 Å². The Morgan fingerprint density at radius 2 is 0.507 bits per heavy atom. The molecule has 21 heteroatoms. The van der Waals surface area contributed by atoms with Gasteiger partial charge in [-0.25, -0.2) is 15.0 Å². The number of nitrogens with zero attached hydrogens (tertiary/aromatic N) is 9. The van der Waals surface area contributed by atoms with E-state index in [0.29, 0.717) is 17.7 Å². The Morgan fingerprint density at radius 3 is 0.941 bits per heavy atom. The van der Waals surface area contributed by atoms with Gasteiger partial charge in [0.25, 0.3) is 0 Å². The standard InChI is InChI=1S/3C29H17BN2O2.C28H16BN3O2/c1-4-12-23-18(8-1)19-9-2-5-13-24(19)32(23)28-16-27-22(17-31-28)30-29-21(11-7-15-26(29)33-27)20-10-3-6-14-25(20)34-30;1-4-12-23-18(8-1)19-9-2-5-13-24(19)32(23)27-17-16-22-29(31-27)33-26-15-7-11-21-20-10-3-6-14-25(20)34-30(22)28(21)26;1-4-12-22-18(8-1)19-9-2-5-13-23(19)32(22)29-28-26(16-17-31-29)33-25-15-7-11-21-20-10-3-6-14-24(20)34-30(28)27(21)25;1-4-12-22-17(8-1)18-9-2-5-13-23(18)32(22)28-30-16-21-27(31-28)33-25-15-7-11-20-19-10-3-6-14-24(19)34-29(21)26(20)25/h3*1-17H;1-16H. The Bertz CT molecular complexity index is 8410. The van der Waals surface area contributed by atoms with Gasteiger partial charge in [0.05, 0.1) is 55.1 Å². The maximum atomic E-state index is 6.70. The van der Waals surface area contributed by atoms with Gasteiger partial charge in [0.15, 0.2) is 0 Å². The highest BCUT2D eigenvalue weighted by Gasteiger charge is 2.47. The molecule has 17 nitrogen and oxygen atoms in total. The first-order chi connectivity index (χ1) is 67.5. The Balaban J connectivity index is 0.0000000879. The number of fused-ring (bicyclic) bond motifs is 28. The first-order valence-corrected chi connectivity index (χ1v) is 45.6. The van der Waals surface area contributed by atoms with E-state index >= 15 is 0 Å². The van der Waals surface area contributed by atoms with E-state index in [4.69, 9.17) is 62.5 Å². The van der Waals surface area contributed by atoms with E-state index in [0.717, 1.165) is 207 Å². The summed E-state index contributed by atoms with van der Waals surface area (Å²) in [6, 6.07) is 133. The second kappa shape index (κ2) is 29.7. The molecule has 8 aromatic heterocycles. The first kappa shape index (κ1) is 75.7. The number of ether oxygens (including phenoxy) is 4. The van der Waals surface area contributed by atoms with Crippen molar-refractivity contribution in [2.24, 2.45) is 0 Å². The molecule has 0 N–H and O–H groups in total. The molecular formula is C115H67B4N9O8. The molecule has 8 aliphatic rings. The molecule has 24 aromatic rings. The molecule has 136 heavy (non-hydrogen) atoms. The van der Waals surface area contributed by atoms with Crippen LogP contribution in [0.25, 0.3) is 155 Å². The number of rotatable bonds is 4. The van der Waals surface area contributed by atoms with Crippen LogP contribution in [0.15, 0.2) is 407 Å². The number of para-hydroxylation sites is 12. The molecule has 0 fully saturated rings. The Kier molecular flexibility index (Phi) is 16.5. The highest BCUT2D eigenvalue weighted by atomic mass is 16.5. The van der Waals surface area contributed by atoms with Gasteiger partial charge in [-0.15, -0.1) is 0 Å². The molecule has 32 rings (SSSR count). The third-order valence-corrected chi connectivity index (χ3v) is 27.6. The van der Waals surface area contributed by atoms with Crippen molar-refractivity contribution < 1.29 is 37.6 Å². The van der Waals surface area contributed by atoms with Gasteiger partial charge in [0.1, 0.15) is 74.9 Å². The first-order valence-electron chi connectivity index (χ1n) is 45.6. The van der Waals surface area contributed by atoms with Crippen molar-refractivity contribution in [1.82, 2.24) is 43.2 Å². The fraction of sp³-hybridized carbons (Fsp3) is 0. The monoisotopic (exact) mass is 1750 g/mol. The van der Waals surface area contributed by atoms with Crippen LogP contribution in [-0.2, 0) is 0 Å². The van der Waals surface area contributed by atoms with Gasteiger partial charge in [0, 0.05) is 123 Å². The van der Waals surface area contributed by atoms with Crippen LogP contribution in [-0.4, -0.2) is 70.9 Å². The number of aromatic nitrogens is 9. The van der Waals surface area contributed by atoms with Crippen LogP contribution in [0.5, 0.6) is 69.3 Å². The van der Waals surface area contributed by atoms with Crippen molar-refractivity contribution in [2.75, 3.05) is 0 Å². The van der Waals surface area contributed by atoms with Gasteiger partial charge in [-0.2, -0.15) is 9.97 Å². The molecule has 8 aliphatic heterocycles. The quantitative estimate of drug-likeness (QED) is 0.153. The summed E-state index contributed by atoms with van der Waals surface area (Å²) in [5.41, 5.74) is 25.7. The van der Waals surface area contributed by atoms with E-state index in [1.54, 1.807) is 0 Å². The minimum atomic E-state index is -0.312. The lowest BCUT2D eigenvalue weighted by molar-refractivity contribution is 0.458. The maximum Gasteiger partial charge on any atom is 0.438 e. The summed E-state index contributed by atoms with van der Waals surface area (Å²) < 4.78 is 60.6. The smallest absolute Gasteiger partial charge is 0.438 e. The van der Waals surface area contributed by atoms with Gasteiger partial charge >= 0.3 is 27.7 Å². The summed E-state index contributed by atoms with van der Waals surface area (Å²) >= 11 is 0. The molecule has 0 saturated carbocycles. The highest BCUT2D eigenvalue weighted by Crippen LogP contribution is 2.47. The fourth-order valence-corrected chi connectivity index (χ4v) is 21.8. The summed E-state index contributed by atoms with van der Waals surface area (Å²) in [4.78, 5) is 24.6. The van der Waals surface area contributed by atoms with Crippen LogP contribution in [0.1, 0.15) is 0 Å². The Morgan fingerprint density at radius 1 is 0.199 bits per heavy atom. The second-order valence-electron chi connectivity index (χ2n) is 34.9. The average molecular weight is 1750 g/mol. The number of benzene rings is 16. The molecule has 0 radical (unpaired) electrons. The lowest BCUT2D eigenvalue weighted by atomic mass is 9.51. The Labute approximate surface area is 778 Å². The van der Waals surface area contributed by atoms with Gasteiger partial charge in [-0.3, -0.25) is 18.3 Å². The van der Waals surface area contributed by atoms with E-state index in [2.05, 4.69) is 261 Å². The summed E-state index contributed by atoms with van der Waals surface area (Å²) in [7, 11) is 0. The SMILES string of the molecule is c1ccc2c(c1)OB1c3c(cccc3-2)Oc2ccnc(-n3c4ccccc4c4ccccc43)c21.c1ccc2c(c1)OB1c3ccc(-n4c5ccccc5c5ccccc54)nc3Oc3cccc-2c31.c1ccc2c(c1)OB1c3cnc(-n4c5ccccc5c5ccccc54)cc3Oc3cccc-2c31.c1ccc2c(c1)OB1c3cnc(-n4c5ccccc5c5ccccc54)nc3Oc3cccc-2c31. The molecule has 16 aromatic carbocycles. The number of pyridine rings is 3. The van der Waals surface area contributed by atoms with Gasteiger partial charge in [0.2, 0.25) is 17.7 Å². The molecule has 16 heterocycles. The van der Waals surface area contributed by atoms with E-state index < -0.39 is 0 Å². The van der Waals surface area contributed by atoms with E-state index in [-0.39, 0.29) is 27.7 Å². The van der Waals surface area contributed by atoms with Gasteiger partial charge in [-0.1, -0.05) is 273 Å². The van der Waals surface area contributed by atoms with Crippen molar-refractivity contribution in [3.05, 3.63) is 407 Å². The second-order valence-corrected chi connectivity index (χ2v) is 34.9. The van der Waals surface area contributed by atoms with Crippen LogP contribution in [0, 0.1) is 0 Å². The lowest BCUT2D eigenvalue weighted by Gasteiger charge is -2.33. The topological polar surface area (TPSA) is 158 Å². The van der Waals surface area contributed by atoms with Gasteiger partial charge < -0.3 is 37.6 Å². The third-order valence-electron chi connectivity index (χ3n) is 27.6. The fourth-order valence-electron chi connectivity index (χ4n) is 21.8. The van der Waals surface area contributed by atoms with E-state index in [9.17, 15) is 0 Å². The largest absolute Gasteiger partial charge is 0.551 e. The van der Waals surface area contributed by atoms with Gasteiger partial charge in [-0.05, 0) is 131 Å². The number of hydrogen-bond acceptors (Lipinski definition) is 13. The average Bonchev–Trinajstić information content (AvgIpc) is 1.62. The zero-order chi connectivity index (χ0) is 88.9. The van der Waals surface area contributed by atoms with Crippen LogP contribution in [0.4, 0.5) is 0 Å². The third kappa shape index (κ3) is 11.4. The van der Waals surface area contributed by atoms with Crippen LogP contribution in [0.2, 0.25) is 0 Å². The van der Waals surface area contributed by atoms with E-state index in [1.807, 2.05) is 164 Å². The highest BCUT2D eigenvalue weighted by molar-refractivity contribution is 6.86. The molecule has 0 aliphatic carbocycles. The van der Waals surface area contributed by atoms with Crippen molar-refractivity contribution in [2.45, 2.75) is 0 Å². The van der Waals surface area contributed by atoms with Crippen LogP contribution < -0.4 is 81.3 Å². The van der Waals surface area contributed by atoms with Crippen molar-refractivity contribution in [3.63, 3.8) is 0 Å². The van der Waals surface area contributed by atoms with Crippen molar-refractivity contribution in [3.8, 4) is 137 Å². The predicted octanol–water partition coefficient (Wildman–Crippen LogP) is 21.2. The maximum absolute atomic E-state index is 6.70. The van der Waals surface area contributed by atoms with Crippen LogP contribution in [0.3, 0.4) is 0 Å². The van der Waals surface area contributed by atoms with Crippen molar-refractivity contribution >= 4 is 159 Å². The molecular weight excluding hydrogens is 1680 g/mol.